The highest BCUT2D eigenvalue weighted by Crippen LogP contribution is 2.41. The van der Waals surface area contributed by atoms with E-state index in [9.17, 15) is 18.4 Å². The largest absolute Gasteiger partial charge is 0.481 e. The summed E-state index contributed by atoms with van der Waals surface area (Å²) in [6.07, 6.45) is -0.298. The van der Waals surface area contributed by atoms with Crippen LogP contribution >= 0.6 is 23.1 Å². The molecule has 138 valence electrons. The van der Waals surface area contributed by atoms with Crippen LogP contribution in [-0.2, 0) is 16.1 Å². The molecule has 1 atom stereocenters. The summed E-state index contributed by atoms with van der Waals surface area (Å²) in [7, 11) is 0. The van der Waals surface area contributed by atoms with Gasteiger partial charge in [-0.1, -0.05) is 12.1 Å². The summed E-state index contributed by atoms with van der Waals surface area (Å²) in [5.41, 5.74) is 0.849. The quantitative estimate of drug-likeness (QED) is 0.708. The van der Waals surface area contributed by atoms with E-state index in [1.807, 2.05) is 12.1 Å². The van der Waals surface area contributed by atoms with Crippen LogP contribution in [0.25, 0.3) is 10.2 Å². The van der Waals surface area contributed by atoms with Crippen molar-refractivity contribution in [3.05, 3.63) is 53.0 Å². The lowest BCUT2D eigenvalue weighted by Crippen LogP contribution is -2.41. The van der Waals surface area contributed by atoms with Crippen LogP contribution in [0.1, 0.15) is 11.4 Å². The number of fused-ring (bicyclic) bond motifs is 2. The maximum atomic E-state index is 13.9. The van der Waals surface area contributed by atoms with E-state index in [0.29, 0.717) is 10.7 Å². The number of halogens is 2. The third-order valence-electron chi connectivity index (χ3n) is 4.07. The Morgan fingerprint density at radius 2 is 2.04 bits per heavy atom. The SMILES string of the molecule is O=C(O)CC1Sc2ccccc2N(Cc2nc3cc(F)cc(F)c3s2)C1=O. The van der Waals surface area contributed by atoms with Gasteiger partial charge in [0.05, 0.1) is 34.1 Å². The summed E-state index contributed by atoms with van der Waals surface area (Å²) in [6.45, 7) is 0.0624. The molecule has 1 aliphatic rings. The van der Waals surface area contributed by atoms with Gasteiger partial charge in [-0.05, 0) is 12.1 Å². The first-order valence-electron chi connectivity index (χ1n) is 7.95. The van der Waals surface area contributed by atoms with E-state index in [1.165, 1.54) is 16.7 Å². The molecule has 1 N–H and O–H groups in total. The van der Waals surface area contributed by atoms with E-state index in [1.54, 1.807) is 12.1 Å². The van der Waals surface area contributed by atoms with Crippen LogP contribution in [0.4, 0.5) is 14.5 Å². The zero-order valence-electron chi connectivity index (χ0n) is 13.7. The number of carboxylic acid groups (broad SMARTS) is 1. The van der Waals surface area contributed by atoms with E-state index in [0.717, 1.165) is 28.4 Å². The Hall–Kier alpha value is -2.52. The minimum Gasteiger partial charge on any atom is -0.481 e. The molecule has 1 aromatic heterocycles. The number of hydrogen-bond donors (Lipinski definition) is 1. The number of rotatable bonds is 4. The Labute approximate surface area is 160 Å². The summed E-state index contributed by atoms with van der Waals surface area (Å²) >= 11 is 2.27. The van der Waals surface area contributed by atoms with Crippen LogP contribution in [0.3, 0.4) is 0 Å². The molecule has 0 saturated carbocycles. The molecule has 0 radical (unpaired) electrons. The molecule has 1 aliphatic heterocycles. The van der Waals surface area contributed by atoms with E-state index < -0.39 is 22.9 Å². The van der Waals surface area contributed by atoms with E-state index in [4.69, 9.17) is 5.11 Å². The number of hydrogen-bond acceptors (Lipinski definition) is 5. The van der Waals surface area contributed by atoms with Crippen molar-refractivity contribution in [2.24, 2.45) is 0 Å². The minimum absolute atomic E-state index is 0.0624. The highest BCUT2D eigenvalue weighted by atomic mass is 32.2. The minimum atomic E-state index is -1.06. The number of aliphatic carboxylic acids is 1. The van der Waals surface area contributed by atoms with Gasteiger partial charge in [0, 0.05) is 17.0 Å². The first kappa shape index (κ1) is 17.9. The Kier molecular flexibility index (Phi) is 4.56. The molecule has 1 unspecified atom stereocenters. The summed E-state index contributed by atoms with van der Waals surface area (Å²) < 4.78 is 27.6. The van der Waals surface area contributed by atoms with Gasteiger partial charge >= 0.3 is 5.97 Å². The smallest absolute Gasteiger partial charge is 0.305 e. The lowest BCUT2D eigenvalue weighted by atomic mass is 10.2. The molecule has 5 nitrogen and oxygen atoms in total. The van der Waals surface area contributed by atoms with Crippen LogP contribution in [-0.4, -0.2) is 27.2 Å². The van der Waals surface area contributed by atoms with Crippen LogP contribution in [0, 0.1) is 11.6 Å². The van der Waals surface area contributed by atoms with Crippen molar-refractivity contribution >= 4 is 50.9 Å². The van der Waals surface area contributed by atoms with Crippen molar-refractivity contribution in [3.8, 4) is 0 Å². The van der Waals surface area contributed by atoms with Crippen LogP contribution in [0.2, 0.25) is 0 Å². The number of para-hydroxylation sites is 1. The van der Waals surface area contributed by atoms with E-state index in [-0.39, 0.29) is 29.1 Å². The number of carboxylic acids is 1. The number of amides is 1. The fourth-order valence-corrected chi connectivity index (χ4v) is 5.09. The number of benzene rings is 2. The first-order valence-corrected chi connectivity index (χ1v) is 9.65. The fourth-order valence-electron chi connectivity index (χ4n) is 2.94. The van der Waals surface area contributed by atoms with Gasteiger partial charge < -0.3 is 10.0 Å². The second kappa shape index (κ2) is 6.90. The number of thiazole rings is 1. The Bertz CT molecular complexity index is 1070. The molecular formula is C18H12F2N2O3S2. The normalized spacial score (nSPS) is 16.6. The molecule has 4 rings (SSSR count). The lowest BCUT2D eigenvalue weighted by Gasteiger charge is -2.32. The second-order valence-electron chi connectivity index (χ2n) is 5.94. The highest BCUT2D eigenvalue weighted by molar-refractivity contribution is 8.01. The zero-order chi connectivity index (χ0) is 19.1. The van der Waals surface area contributed by atoms with Gasteiger partial charge in [-0.2, -0.15) is 0 Å². The van der Waals surface area contributed by atoms with Crippen molar-refractivity contribution in [1.82, 2.24) is 4.98 Å². The molecule has 27 heavy (non-hydrogen) atoms. The second-order valence-corrected chi connectivity index (χ2v) is 8.27. The molecule has 2 heterocycles. The van der Waals surface area contributed by atoms with Crippen molar-refractivity contribution in [2.45, 2.75) is 23.1 Å². The predicted molar refractivity (Wildman–Crippen MR) is 99.1 cm³/mol. The standard InChI is InChI=1S/C18H12F2N2O3S2/c19-9-5-10(20)17-11(6-9)21-15(27-17)8-22-12-3-1-2-4-13(12)26-14(18(22)25)7-16(23)24/h1-6,14H,7-8H2,(H,23,24). The van der Waals surface area contributed by atoms with Crippen molar-refractivity contribution in [2.75, 3.05) is 4.90 Å². The maximum absolute atomic E-state index is 13.9. The Morgan fingerprint density at radius 1 is 1.26 bits per heavy atom. The molecule has 3 aromatic rings. The first-order chi connectivity index (χ1) is 12.9. The van der Waals surface area contributed by atoms with Gasteiger partial charge in [0.15, 0.2) is 0 Å². The molecule has 2 aromatic carbocycles. The van der Waals surface area contributed by atoms with Gasteiger partial charge in [0.1, 0.15) is 16.6 Å². The van der Waals surface area contributed by atoms with Gasteiger partial charge in [-0.15, -0.1) is 23.1 Å². The van der Waals surface area contributed by atoms with Crippen LogP contribution in [0.5, 0.6) is 0 Å². The van der Waals surface area contributed by atoms with Crippen molar-refractivity contribution in [3.63, 3.8) is 0 Å². The molecule has 0 fully saturated rings. The van der Waals surface area contributed by atoms with Crippen LogP contribution < -0.4 is 4.90 Å². The molecule has 0 saturated heterocycles. The van der Waals surface area contributed by atoms with E-state index in [2.05, 4.69) is 4.98 Å². The number of thioether (sulfide) groups is 1. The summed E-state index contributed by atoms with van der Waals surface area (Å²) in [4.78, 5) is 30.5. The summed E-state index contributed by atoms with van der Waals surface area (Å²) in [5.74, 6) is -2.81. The molecule has 0 bridgehead atoms. The number of nitrogens with zero attached hydrogens (tertiary/aromatic N) is 2. The molecule has 1 amide bonds. The third-order valence-corrected chi connectivity index (χ3v) is 6.39. The third kappa shape index (κ3) is 3.40. The Morgan fingerprint density at radius 3 is 2.81 bits per heavy atom. The van der Waals surface area contributed by atoms with Crippen LogP contribution in [0.15, 0.2) is 41.3 Å². The molecular weight excluding hydrogens is 394 g/mol. The zero-order valence-corrected chi connectivity index (χ0v) is 15.3. The van der Waals surface area contributed by atoms with Crippen molar-refractivity contribution in [1.29, 1.82) is 0 Å². The average molecular weight is 406 g/mol. The van der Waals surface area contributed by atoms with E-state index >= 15 is 0 Å². The highest BCUT2D eigenvalue weighted by Gasteiger charge is 2.35. The molecule has 9 heteroatoms. The number of carbonyl (C=O) groups excluding carboxylic acids is 1. The van der Waals surface area contributed by atoms with Gasteiger partial charge in [0.2, 0.25) is 5.91 Å². The maximum Gasteiger partial charge on any atom is 0.305 e. The van der Waals surface area contributed by atoms with Gasteiger partial charge in [0.25, 0.3) is 0 Å². The average Bonchev–Trinajstić information content (AvgIpc) is 3.01. The number of aromatic nitrogens is 1. The summed E-state index contributed by atoms with van der Waals surface area (Å²) in [5, 5.41) is 8.78. The van der Waals surface area contributed by atoms with Gasteiger partial charge in [-0.25, -0.2) is 13.8 Å². The summed E-state index contributed by atoms with van der Waals surface area (Å²) in [6, 6.07) is 9.13. The topological polar surface area (TPSA) is 70.5 Å². The fraction of sp³-hybridized carbons (Fsp3) is 0.167. The number of carbonyl (C=O) groups is 2. The molecule has 0 spiro atoms. The lowest BCUT2D eigenvalue weighted by molar-refractivity contribution is -0.138. The van der Waals surface area contributed by atoms with Crippen molar-refractivity contribution < 1.29 is 23.5 Å². The van der Waals surface area contributed by atoms with Gasteiger partial charge in [-0.3, -0.25) is 9.59 Å². The Balaban J connectivity index is 1.72. The monoisotopic (exact) mass is 406 g/mol. The predicted octanol–water partition coefficient (Wildman–Crippen LogP) is 4.06. The molecule has 0 aliphatic carbocycles. The number of anilines is 1.